The van der Waals surface area contributed by atoms with Gasteiger partial charge in [-0.15, -0.1) is 11.3 Å². The first-order valence-electron chi connectivity index (χ1n) is 6.34. The number of nitrogens with zero attached hydrogens (tertiary/aromatic N) is 1. The molecule has 1 aromatic rings. The number of nitrogens with one attached hydrogen (secondary N) is 1. The van der Waals surface area contributed by atoms with E-state index in [1.54, 1.807) is 11.4 Å². The third-order valence-electron chi connectivity index (χ3n) is 2.62. The molecule has 0 aromatic carbocycles. The van der Waals surface area contributed by atoms with Crippen molar-refractivity contribution in [2.75, 3.05) is 19.6 Å². The lowest BCUT2D eigenvalue weighted by Gasteiger charge is -2.19. The molecule has 1 aromatic heterocycles. The Labute approximate surface area is 120 Å². The van der Waals surface area contributed by atoms with Gasteiger partial charge in [0.1, 0.15) is 0 Å². The zero-order chi connectivity index (χ0) is 14.5. The van der Waals surface area contributed by atoms with Crippen molar-refractivity contribution in [3.8, 4) is 0 Å². The first kappa shape index (κ1) is 16.4. The van der Waals surface area contributed by atoms with Gasteiger partial charge in [0.25, 0.3) is 0 Å². The summed E-state index contributed by atoms with van der Waals surface area (Å²) in [6, 6.07) is 1.75. The first-order valence-corrected chi connectivity index (χ1v) is 8.66. The van der Waals surface area contributed by atoms with E-state index in [-0.39, 0.29) is 0 Å². The van der Waals surface area contributed by atoms with Crippen molar-refractivity contribution < 1.29 is 8.42 Å². The number of rotatable bonds is 8. The minimum absolute atomic E-state index is 0.372. The molecule has 108 valence electrons. The maximum absolute atomic E-state index is 12.5. The van der Waals surface area contributed by atoms with Crippen molar-refractivity contribution in [3.63, 3.8) is 0 Å². The molecule has 0 atom stereocenters. The summed E-state index contributed by atoms with van der Waals surface area (Å²) in [4.78, 5) is 1.42. The highest BCUT2D eigenvalue weighted by Crippen LogP contribution is 2.23. The van der Waals surface area contributed by atoms with Crippen molar-refractivity contribution in [1.29, 1.82) is 0 Å². The molecule has 0 saturated carbocycles. The molecule has 0 aliphatic carbocycles. The van der Waals surface area contributed by atoms with Crippen LogP contribution >= 0.6 is 11.3 Å². The third-order valence-corrected chi connectivity index (χ3v) is 5.60. The summed E-state index contributed by atoms with van der Waals surface area (Å²) in [5.74, 6) is 0. The van der Waals surface area contributed by atoms with Crippen LogP contribution in [0.4, 0.5) is 0 Å². The minimum atomic E-state index is -3.40. The molecule has 0 aliphatic rings. The Hall–Kier alpha value is -0.690. The molecule has 0 amide bonds. The van der Waals surface area contributed by atoms with Crippen LogP contribution < -0.4 is 5.32 Å². The average molecular weight is 302 g/mol. The molecule has 0 radical (unpaired) electrons. The Morgan fingerprint density at radius 1 is 1.47 bits per heavy atom. The maximum Gasteiger partial charge on any atom is 0.244 e. The number of hydrogen-bond donors (Lipinski definition) is 1. The van der Waals surface area contributed by atoms with E-state index in [4.69, 9.17) is 0 Å². The Balaban J connectivity index is 2.92. The van der Waals surface area contributed by atoms with E-state index >= 15 is 0 Å². The van der Waals surface area contributed by atoms with Gasteiger partial charge in [0.2, 0.25) is 10.0 Å². The van der Waals surface area contributed by atoms with Gasteiger partial charge in [0.05, 0.1) is 4.90 Å². The van der Waals surface area contributed by atoms with E-state index < -0.39 is 10.0 Å². The molecule has 0 fully saturated rings. The lowest BCUT2D eigenvalue weighted by Crippen LogP contribution is -2.32. The lowest BCUT2D eigenvalue weighted by molar-refractivity contribution is 0.453. The molecule has 1 heterocycles. The number of thiophene rings is 1. The summed E-state index contributed by atoms with van der Waals surface area (Å²) in [7, 11) is -3.40. The quantitative estimate of drug-likeness (QED) is 0.750. The fourth-order valence-electron chi connectivity index (χ4n) is 1.65. The van der Waals surface area contributed by atoms with Crippen LogP contribution in [0.25, 0.3) is 0 Å². The summed E-state index contributed by atoms with van der Waals surface area (Å²) in [6.07, 6.45) is 0. The van der Waals surface area contributed by atoms with Crippen LogP contribution in [0, 0.1) is 0 Å². The molecule has 0 spiro atoms. The van der Waals surface area contributed by atoms with Crippen molar-refractivity contribution in [1.82, 2.24) is 9.62 Å². The summed E-state index contributed by atoms with van der Waals surface area (Å²) in [5, 5.41) is 4.90. The molecule has 4 nitrogen and oxygen atoms in total. The second-order valence-electron chi connectivity index (χ2n) is 4.42. The van der Waals surface area contributed by atoms with Gasteiger partial charge in [-0.1, -0.05) is 26.0 Å². The molecule has 19 heavy (non-hydrogen) atoms. The number of hydrogen-bond acceptors (Lipinski definition) is 4. The molecule has 0 bridgehead atoms. The topological polar surface area (TPSA) is 49.4 Å². The standard InChI is InChI=1S/C13H22N2O2S2/c1-5-14-8-12-7-13(10-18-12)19(16,17)15(6-2)9-11(3)4/h7,10,14H,3,5-6,8-9H2,1-2,4H3. The molecule has 0 unspecified atom stereocenters. The van der Waals surface area contributed by atoms with Crippen molar-refractivity contribution >= 4 is 21.4 Å². The second-order valence-corrected chi connectivity index (χ2v) is 7.35. The average Bonchev–Trinajstić information content (AvgIpc) is 2.82. The van der Waals surface area contributed by atoms with Gasteiger partial charge in [-0.2, -0.15) is 4.31 Å². The van der Waals surface area contributed by atoms with Crippen LogP contribution in [0.2, 0.25) is 0 Å². The third kappa shape index (κ3) is 4.42. The van der Waals surface area contributed by atoms with E-state index in [1.807, 2.05) is 20.8 Å². The van der Waals surface area contributed by atoms with Gasteiger partial charge < -0.3 is 5.32 Å². The summed E-state index contributed by atoms with van der Waals surface area (Å²) in [6.45, 7) is 11.9. The highest BCUT2D eigenvalue weighted by atomic mass is 32.2. The van der Waals surface area contributed by atoms with E-state index in [1.165, 1.54) is 15.6 Å². The second kappa shape index (κ2) is 7.19. The molecule has 0 aliphatic heterocycles. The van der Waals surface area contributed by atoms with Crippen LogP contribution in [-0.4, -0.2) is 32.4 Å². The van der Waals surface area contributed by atoms with Gasteiger partial charge in [-0.3, -0.25) is 0 Å². The Morgan fingerprint density at radius 3 is 2.68 bits per heavy atom. The molecular weight excluding hydrogens is 280 g/mol. The minimum Gasteiger partial charge on any atom is -0.312 e. The van der Waals surface area contributed by atoms with Crippen LogP contribution in [0.15, 0.2) is 28.5 Å². The van der Waals surface area contributed by atoms with E-state index in [9.17, 15) is 8.42 Å². The number of likely N-dealkylation sites (N-methyl/N-ethyl adjacent to an activating group) is 1. The highest BCUT2D eigenvalue weighted by Gasteiger charge is 2.24. The Morgan fingerprint density at radius 2 is 2.16 bits per heavy atom. The predicted octanol–water partition coefficient (Wildman–Crippen LogP) is 2.44. The van der Waals surface area contributed by atoms with Crippen molar-refractivity contribution in [2.45, 2.75) is 32.2 Å². The fraction of sp³-hybridized carbons (Fsp3) is 0.538. The molecule has 0 saturated heterocycles. The summed E-state index contributed by atoms with van der Waals surface area (Å²) >= 11 is 1.47. The van der Waals surface area contributed by atoms with E-state index in [0.717, 1.165) is 17.0 Å². The van der Waals surface area contributed by atoms with Gasteiger partial charge in [-0.05, 0) is 19.5 Å². The number of sulfonamides is 1. The zero-order valence-corrected chi connectivity index (χ0v) is 13.4. The monoisotopic (exact) mass is 302 g/mol. The normalized spacial score (nSPS) is 12.0. The van der Waals surface area contributed by atoms with Gasteiger partial charge in [0, 0.05) is 29.9 Å². The van der Waals surface area contributed by atoms with Crippen LogP contribution in [0.5, 0.6) is 0 Å². The van der Waals surface area contributed by atoms with Crippen molar-refractivity contribution in [3.05, 3.63) is 28.5 Å². The molecular formula is C13H22N2O2S2. The fourth-order valence-corrected chi connectivity index (χ4v) is 4.39. The Bertz CT molecular complexity index is 521. The van der Waals surface area contributed by atoms with E-state index in [0.29, 0.717) is 24.5 Å². The maximum atomic E-state index is 12.5. The van der Waals surface area contributed by atoms with Gasteiger partial charge in [0.15, 0.2) is 0 Å². The van der Waals surface area contributed by atoms with Gasteiger partial charge >= 0.3 is 0 Å². The zero-order valence-electron chi connectivity index (χ0n) is 11.8. The first-order chi connectivity index (χ1) is 8.91. The SMILES string of the molecule is C=C(C)CN(CC)S(=O)(=O)c1csc(CNCC)c1. The molecule has 1 N–H and O–H groups in total. The smallest absolute Gasteiger partial charge is 0.244 e. The van der Waals surface area contributed by atoms with Crippen LogP contribution in [0.1, 0.15) is 25.6 Å². The molecule has 6 heteroatoms. The predicted molar refractivity (Wildman–Crippen MR) is 80.9 cm³/mol. The summed E-state index contributed by atoms with van der Waals surface area (Å²) in [5.41, 5.74) is 0.841. The Kier molecular flexibility index (Phi) is 6.19. The largest absolute Gasteiger partial charge is 0.312 e. The van der Waals surface area contributed by atoms with Crippen LogP contribution in [-0.2, 0) is 16.6 Å². The molecule has 1 rings (SSSR count). The lowest BCUT2D eigenvalue weighted by atomic mass is 10.3. The summed E-state index contributed by atoms with van der Waals surface area (Å²) < 4.78 is 26.4. The van der Waals surface area contributed by atoms with Gasteiger partial charge in [-0.25, -0.2) is 8.42 Å². The van der Waals surface area contributed by atoms with Crippen LogP contribution in [0.3, 0.4) is 0 Å². The van der Waals surface area contributed by atoms with Crippen molar-refractivity contribution in [2.24, 2.45) is 0 Å². The highest BCUT2D eigenvalue weighted by molar-refractivity contribution is 7.89. The van der Waals surface area contributed by atoms with E-state index in [2.05, 4.69) is 11.9 Å².